The summed E-state index contributed by atoms with van der Waals surface area (Å²) in [5, 5.41) is 22.1. The molecule has 0 unspecified atom stereocenters. The molecule has 1 aliphatic heterocycles. The Bertz CT molecular complexity index is 1280. The first kappa shape index (κ1) is 22.5. The highest BCUT2D eigenvalue weighted by Gasteiger charge is 2.47. The molecule has 1 heterocycles. The predicted molar refractivity (Wildman–Crippen MR) is 124 cm³/mol. The Labute approximate surface area is 194 Å². The van der Waals surface area contributed by atoms with Crippen molar-refractivity contribution in [3.05, 3.63) is 99.6 Å². The minimum atomic E-state index is -0.936. The lowest BCUT2D eigenvalue weighted by Crippen LogP contribution is -2.29. The number of anilines is 1. The summed E-state index contributed by atoms with van der Waals surface area (Å²) < 4.78 is 10.4. The molecule has 1 fully saturated rings. The zero-order valence-corrected chi connectivity index (χ0v) is 18.3. The summed E-state index contributed by atoms with van der Waals surface area (Å²) in [5.74, 6) is -0.945. The van der Waals surface area contributed by atoms with E-state index in [2.05, 4.69) is 0 Å². The number of nitro benzene ring substituents is 1. The summed E-state index contributed by atoms with van der Waals surface area (Å²) in [5.41, 5.74) is 0.893. The van der Waals surface area contributed by atoms with Gasteiger partial charge in [-0.3, -0.25) is 24.6 Å². The molecule has 0 saturated carbocycles. The van der Waals surface area contributed by atoms with Gasteiger partial charge in [-0.25, -0.2) is 0 Å². The second-order valence-electron chi connectivity index (χ2n) is 7.44. The fraction of sp³-hybridized carbons (Fsp3) is 0.120. The summed E-state index contributed by atoms with van der Waals surface area (Å²) >= 11 is 0. The van der Waals surface area contributed by atoms with Gasteiger partial charge < -0.3 is 14.6 Å². The number of ketones is 1. The van der Waals surface area contributed by atoms with E-state index in [1.807, 2.05) is 0 Å². The van der Waals surface area contributed by atoms with Gasteiger partial charge in [0.25, 0.3) is 17.4 Å². The fourth-order valence-electron chi connectivity index (χ4n) is 3.84. The average Bonchev–Trinajstić information content (AvgIpc) is 3.14. The monoisotopic (exact) mass is 460 g/mol. The lowest BCUT2D eigenvalue weighted by atomic mass is 9.95. The van der Waals surface area contributed by atoms with E-state index in [9.17, 15) is 24.8 Å². The zero-order valence-electron chi connectivity index (χ0n) is 18.3. The van der Waals surface area contributed by atoms with Crippen LogP contribution in [0.1, 0.15) is 17.2 Å². The summed E-state index contributed by atoms with van der Waals surface area (Å²) in [6.07, 6.45) is 0. The van der Waals surface area contributed by atoms with Crippen molar-refractivity contribution < 1.29 is 29.1 Å². The van der Waals surface area contributed by atoms with Crippen LogP contribution in [0, 0.1) is 10.1 Å². The number of Topliss-reactive ketones (excluding diaryl/α,β-unsaturated/α-hetero) is 1. The largest absolute Gasteiger partial charge is 0.507 e. The van der Waals surface area contributed by atoms with Crippen LogP contribution in [0.25, 0.3) is 5.76 Å². The standard InChI is InChI=1S/C25H20N2O7/c1-33-19-11-5-15(6-12-19)22-21(23(28)16-3-7-18(8-4-16)27(31)32)24(29)25(30)26(22)17-9-13-20(34-2)14-10-17/h3-14,22,28H,1-2H3/b23-21+/t22-/m1/s1. The number of aliphatic hydroxyl groups excluding tert-OH is 1. The van der Waals surface area contributed by atoms with Gasteiger partial charge in [0.1, 0.15) is 17.3 Å². The molecule has 1 N–H and O–H groups in total. The Morgan fingerprint density at radius 2 is 1.41 bits per heavy atom. The van der Waals surface area contributed by atoms with Crippen LogP contribution in [0.4, 0.5) is 11.4 Å². The number of hydrogen-bond acceptors (Lipinski definition) is 7. The van der Waals surface area contributed by atoms with E-state index in [-0.39, 0.29) is 16.8 Å². The highest BCUT2D eigenvalue weighted by Crippen LogP contribution is 2.42. The first-order valence-corrected chi connectivity index (χ1v) is 10.2. The molecule has 1 amide bonds. The van der Waals surface area contributed by atoms with Gasteiger partial charge in [-0.1, -0.05) is 12.1 Å². The van der Waals surface area contributed by atoms with Crippen LogP contribution in [-0.4, -0.2) is 35.9 Å². The van der Waals surface area contributed by atoms with Crippen LogP contribution in [-0.2, 0) is 9.59 Å². The lowest BCUT2D eigenvalue weighted by molar-refractivity contribution is -0.384. The number of methoxy groups -OCH3 is 2. The number of ether oxygens (including phenoxy) is 2. The number of nitrogens with zero attached hydrogens (tertiary/aromatic N) is 2. The van der Waals surface area contributed by atoms with Crippen molar-refractivity contribution in [2.24, 2.45) is 0 Å². The van der Waals surface area contributed by atoms with Crippen molar-refractivity contribution in [3.63, 3.8) is 0 Å². The molecule has 9 heteroatoms. The maximum Gasteiger partial charge on any atom is 0.300 e. The van der Waals surface area contributed by atoms with Crippen LogP contribution in [0.2, 0.25) is 0 Å². The number of amides is 1. The van der Waals surface area contributed by atoms with Gasteiger partial charge in [0, 0.05) is 23.4 Å². The number of carbonyl (C=O) groups is 2. The maximum atomic E-state index is 13.1. The van der Waals surface area contributed by atoms with E-state index >= 15 is 0 Å². The minimum Gasteiger partial charge on any atom is -0.507 e. The first-order valence-electron chi connectivity index (χ1n) is 10.2. The molecule has 3 aromatic carbocycles. The highest BCUT2D eigenvalue weighted by molar-refractivity contribution is 6.51. The van der Waals surface area contributed by atoms with E-state index in [4.69, 9.17) is 9.47 Å². The van der Waals surface area contributed by atoms with Gasteiger partial charge in [0.15, 0.2) is 0 Å². The third-order valence-corrected chi connectivity index (χ3v) is 5.58. The normalized spacial score (nSPS) is 17.0. The van der Waals surface area contributed by atoms with Crippen molar-refractivity contribution in [1.29, 1.82) is 0 Å². The molecule has 0 spiro atoms. The van der Waals surface area contributed by atoms with Crippen molar-refractivity contribution in [2.75, 3.05) is 19.1 Å². The second kappa shape index (κ2) is 9.07. The number of aliphatic hydroxyl groups is 1. The molecule has 0 aromatic heterocycles. The molecule has 1 atom stereocenters. The van der Waals surface area contributed by atoms with Gasteiger partial charge >= 0.3 is 0 Å². The first-order chi connectivity index (χ1) is 16.3. The maximum absolute atomic E-state index is 13.1. The smallest absolute Gasteiger partial charge is 0.300 e. The summed E-state index contributed by atoms with van der Waals surface area (Å²) in [6.45, 7) is 0. The Kier molecular flexibility index (Phi) is 6.01. The molecule has 4 rings (SSSR count). The van der Waals surface area contributed by atoms with Gasteiger partial charge in [0.2, 0.25) is 0 Å². The number of benzene rings is 3. The topological polar surface area (TPSA) is 119 Å². The van der Waals surface area contributed by atoms with Crippen LogP contribution < -0.4 is 14.4 Å². The Morgan fingerprint density at radius 3 is 1.91 bits per heavy atom. The number of non-ortho nitro benzene ring substituents is 1. The van der Waals surface area contributed by atoms with Gasteiger partial charge in [-0.15, -0.1) is 0 Å². The van der Waals surface area contributed by atoms with Gasteiger partial charge in [-0.2, -0.15) is 0 Å². The quantitative estimate of drug-likeness (QED) is 0.192. The molecular formula is C25H20N2O7. The number of hydrogen-bond donors (Lipinski definition) is 1. The lowest BCUT2D eigenvalue weighted by Gasteiger charge is -2.25. The van der Waals surface area contributed by atoms with E-state index in [1.54, 1.807) is 48.5 Å². The second-order valence-corrected chi connectivity index (χ2v) is 7.44. The summed E-state index contributed by atoms with van der Waals surface area (Å²) in [4.78, 5) is 38.0. The Morgan fingerprint density at radius 1 is 0.882 bits per heavy atom. The van der Waals surface area contributed by atoms with E-state index in [0.29, 0.717) is 22.7 Å². The highest BCUT2D eigenvalue weighted by atomic mass is 16.6. The number of rotatable bonds is 6. The minimum absolute atomic E-state index is 0.125. The van der Waals surface area contributed by atoms with Crippen molar-refractivity contribution in [3.8, 4) is 11.5 Å². The summed E-state index contributed by atoms with van der Waals surface area (Å²) in [7, 11) is 3.04. The molecule has 9 nitrogen and oxygen atoms in total. The van der Waals surface area contributed by atoms with E-state index in [1.165, 1.54) is 43.4 Å². The molecule has 0 aliphatic carbocycles. The number of nitro groups is 1. The van der Waals surface area contributed by atoms with Crippen molar-refractivity contribution in [1.82, 2.24) is 0 Å². The third kappa shape index (κ3) is 3.95. The molecular weight excluding hydrogens is 440 g/mol. The average molecular weight is 460 g/mol. The number of carbonyl (C=O) groups excluding carboxylic acids is 2. The fourth-order valence-corrected chi connectivity index (χ4v) is 3.84. The van der Waals surface area contributed by atoms with Crippen LogP contribution in [0.5, 0.6) is 11.5 Å². The van der Waals surface area contributed by atoms with Gasteiger partial charge in [-0.05, 0) is 54.1 Å². The molecule has 1 aliphatic rings. The van der Waals surface area contributed by atoms with Crippen LogP contribution in [0.15, 0.2) is 78.4 Å². The molecule has 1 saturated heterocycles. The summed E-state index contributed by atoms with van der Waals surface area (Å²) in [6, 6.07) is 17.6. The van der Waals surface area contributed by atoms with E-state index < -0.39 is 28.4 Å². The molecule has 172 valence electrons. The zero-order chi connectivity index (χ0) is 24.4. The Hall–Kier alpha value is -4.66. The van der Waals surface area contributed by atoms with Crippen LogP contribution in [0.3, 0.4) is 0 Å². The SMILES string of the molecule is COc1ccc([C@@H]2/C(=C(\O)c3ccc([N+](=O)[O-])cc3)C(=O)C(=O)N2c2ccc(OC)cc2)cc1. The van der Waals surface area contributed by atoms with Crippen molar-refractivity contribution >= 4 is 28.8 Å². The molecule has 3 aromatic rings. The van der Waals surface area contributed by atoms with E-state index in [0.717, 1.165) is 0 Å². The third-order valence-electron chi connectivity index (χ3n) is 5.58. The van der Waals surface area contributed by atoms with Crippen LogP contribution >= 0.6 is 0 Å². The van der Waals surface area contributed by atoms with Crippen molar-refractivity contribution in [2.45, 2.75) is 6.04 Å². The molecule has 0 radical (unpaired) electrons. The Balaban J connectivity index is 1.88. The van der Waals surface area contributed by atoms with Gasteiger partial charge in [0.05, 0.1) is 30.8 Å². The molecule has 0 bridgehead atoms. The predicted octanol–water partition coefficient (Wildman–Crippen LogP) is 4.24. The molecule has 34 heavy (non-hydrogen) atoms.